The Bertz CT molecular complexity index is 290. The highest BCUT2D eigenvalue weighted by atomic mass is 15.0. The number of hydrogen-bond donors (Lipinski definition) is 2. The van der Waals surface area contributed by atoms with Gasteiger partial charge in [0.05, 0.1) is 0 Å². The van der Waals surface area contributed by atoms with E-state index < -0.39 is 0 Å². The first-order valence-electron chi connectivity index (χ1n) is 5.38. The van der Waals surface area contributed by atoms with E-state index in [1.54, 1.807) is 0 Å². The standard InChI is InChI=1S/C12H18N2/c1-10-4-2-5-11(8-10)14-9-12-6-3-7-13-12/h2,4-5,8,12-14H,3,6-7,9H2,1H3. The number of anilines is 1. The maximum absolute atomic E-state index is 3.48. The summed E-state index contributed by atoms with van der Waals surface area (Å²) in [6, 6.07) is 9.20. The molecular weight excluding hydrogens is 172 g/mol. The zero-order valence-electron chi connectivity index (χ0n) is 8.72. The molecule has 76 valence electrons. The third-order valence-corrected chi connectivity index (χ3v) is 2.73. The molecule has 0 bridgehead atoms. The monoisotopic (exact) mass is 190 g/mol. The van der Waals surface area contributed by atoms with Gasteiger partial charge in [-0.05, 0) is 44.0 Å². The van der Waals surface area contributed by atoms with Crippen molar-refractivity contribution in [3.8, 4) is 0 Å². The van der Waals surface area contributed by atoms with Crippen molar-refractivity contribution in [3.05, 3.63) is 29.8 Å². The molecule has 1 fully saturated rings. The molecule has 1 unspecified atom stereocenters. The molecule has 1 aromatic carbocycles. The molecule has 2 rings (SSSR count). The van der Waals surface area contributed by atoms with Crippen LogP contribution in [0.5, 0.6) is 0 Å². The third-order valence-electron chi connectivity index (χ3n) is 2.73. The van der Waals surface area contributed by atoms with Gasteiger partial charge in [-0.1, -0.05) is 12.1 Å². The molecule has 1 atom stereocenters. The minimum absolute atomic E-state index is 0.663. The average molecular weight is 190 g/mol. The van der Waals surface area contributed by atoms with Gasteiger partial charge in [0, 0.05) is 18.3 Å². The fraction of sp³-hybridized carbons (Fsp3) is 0.500. The SMILES string of the molecule is Cc1cccc(NCC2CCCN2)c1. The Kier molecular flexibility index (Phi) is 3.04. The Hall–Kier alpha value is -1.02. The van der Waals surface area contributed by atoms with E-state index in [-0.39, 0.29) is 0 Å². The summed E-state index contributed by atoms with van der Waals surface area (Å²) in [5.41, 5.74) is 2.55. The number of hydrogen-bond acceptors (Lipinski definition) is 2. The lowest BCUT2D eigenvalue weighted by molar-refractivity contribution is 0.633. The lowest BCUT2D eigenvalue weighted by atomic mass is 10.2. The Balaban J connectivity index is 1.85. The van der Waals surface area contributed by atoms with Crippen LogP contribution in [0, 0.1) is 6.92 Å². The summed E-state index contributed by atoms with van der Waals surface area (Å²) < 4.78 is 0. The van der Waals surface area contributed by atoms with Crippen LogP contribution in [0.4, 0.5) is 5.69 Å². The molecule has 0 aromatic heterocycles. The molecule has 1 aromatic rings. The van der Waals surface area contributed by atoms with Gasteiger partial charge in [-0.3, -0.25) is 0 Å². The molecule has 0 saturated carbocycles. The van der Waals surface area contributed by atoms with Crippen LogP contribution in [-0.2, 0) is 0 Å². The predicted octanol–water partition coefficient (Wildman–Crippen LogP) is 2.16. The molecule has 0 aliphatic carbocycles. The molecule has 1 heterocycles. The second-order valence-corrected chi connectivity index (χ2v) is 4.04. The van der Waals surface area contributed by atoms with Crippen molar-refractivity contribution < 1.29 is 0 Å². The van der Waals surface area contributed by atoms with E-state index in [0.29, 0.717) is 6.04 Å². The molecule has 14 heavy (non-hydrogen) atoms. The molecule has 2 N–H and O–H groups in total. The van der Waals surface area contributed by atoms with Crippen molar-refractivity contribution in [1.82, 2.24) is 5.32 Å². The first-order valence-corrected chi connectivity index (χ1v) is 5.38. The zero-order chi connectivity index (χ0) is 9.80. The van der Waals surface area contributed by atoms with Crippen molar-refractivity contribution in [2.75, 3.05) is 18.4 Å². The summed E-state index contributed by atoms with van der Waals surface area (Å²) in [4.78, 5) is 0. The van der Waals surface area contributed by atoms with Crippen molar-refractivity contribution >= 4 is 5.69 Å². The average Bonchev–Trinajstić information content (AvgIpc) is 2.67. The fourth-order valence-electron chi connectivity index (χ4n) is 1.93. The van der Waals surface area contributed by atoms with Gasteiger partial charge in [0.25, 0.3) is 0 Å². The highest BCUT2D eigenvalue weighted by Crippen LogP contribution is 2.11. The van der Waals surface area contributed by atoms with E-state index in [1.165, 1.54) is 30.6 Å². The van der Waals surface area contributed by atoms with E-state index in [9.17, 15) is 0 Å². The first kappa shape index (κ1) is 9.53. The van der Waals surface area contributed by atoms with Crippen molar-refractivity contribution in [1.29, 1.82) is 0 Å². The van der Waals surface area contributed by atoms with Crippen LogP contribution in [0.2, 0.25) is 0 Å². The summed E-state index contributed by atoms with van der Waals surface area (Å²) >= 11 is 0. The van der Waals surface area contributed by atoms with Crippen molar-refractivity contribution in [2.45, 2.75) is 25.8 Å². The number of aryl methyl sites for hydroxylation is 1. The van der Waals surface area contributed by atoms with Crippen molar-refractivity contribution in [3.63, 3.8) is 0 Å². The molecular formula is C12H18N2. The Morgan fingerprint density at radius 3 is 3.14 bits per heavy atom. The number of rotatable bonds is 3. The van der Waals surface area contributed by atoms with E-state index in [1.807, 2.05) is 0 Å². The van der Waals surface area contributed by atoms with Gasteiger partial charge in [0.1, 0.15) is 0 Å². The minimum atomic E-state index is 0.663. The van der Waals surface area contributed by atoms with Crippen LogP contribution < -0.4 is 10.6 Å². The van der Waals surface area contributed by atoms with Gasteiger partial charge >= 0.3 is 0 Å². The van der Waals surface area contributed by atoms with Crippen molar-refractivity contribution in [2.24, 2.45) is 0 Å². The number of nitrogens with one attached hydrogen (secondary N) is 2. The van der Waals surface area contributed by atoms with Gasteiger partial charge in [0.2, 0.25) is 0 Å². The molecule has 0 radical (unpaired) electrons. The van der Waals surface area contributed by atoms with Crippen LogP contribution in [-0.4, -0.2) is 19.1 Å². The molecule has 0 spiro atoms. The molecule has 1 aliphatic heterocycles. The van der Waals surface area contributed by atoms with E-state index in [4.69, 9.17) is 0 Å². The second kappa shape index (κ2) is 4.47. The first-order chi connectivity index (χ1) is 6.84. The minimum Gasteiger partial charge on any atom is -0.383 e. The van der Waals surface area contributed by atoms with Crippen LogP contribution in [0.1, 0.15) is 18.4 Å². The largest absolute Gasteiger partial charge is 0.383 e. The smallest absolute Gasteiger partial charge is 0.0343 e. The molecule has 2 nitrogen and oxygen atoms in total. The second-order valence-electron chi connectivity index (χ2n) is 4.04. The lowest BCUT2D eigenvalue weighted by Crippen LogP contribution is -2.29. The van der Waals surface area contributed by atoms with E-state index in [2.05, 4.69) is 41.8 Å². The van der Waals surface area contributed by atoms with Gasteiger partial charge in [-0.25, -0.2) is 0 Å². The maximum atomic E-state index is 3.48. The number of benzene rings is 1. The lowest BCUT2D eigenvalue weighted by Gasteiger charge is -2.12. The van der Waals surface area contributed by atoms with Crippen LogP contribution in [0.3, 0.4) is 0 Å². The highest BCUT2D eigenvalue weighted by molar-refractivity contribution is 5.45. The predicted molar refractivity (Wildman–Crippen MR) is 60.7 cm³/mol. The van der Waals surface area contributed by atoms with Gasteiger partial charge in [-0.15, -0.1) is 0 Å². The Labute approximate surface area is 85.7 Å². The van der Waals surface area contributed by atoms with Crippen LogP contribution in [0.15, 0.2) is 24.3 Å². The molecule has 0 amide bonds. The van der Waals surface area contributed by atoms with Gasteiger partial charge < -0.3 is 10.6 Å². The Morgan fingerprint density at radius 2 is 2.43 bits per heavy atom. The summed E-state index contributed by atoms with van der Waals surface area (Å²) in [6.45, 7) is 4.35. The summed E-state index contributed by atoms with van der Waals surface area (Å²) in [5.74, 6) is 0. The third kappa shape index (κ3) is 2.48. The van der Waals surface area contributed by atoms with Crippen LogP contribution >= 0.6 is 0 Å². The Morgan fingerprint density at radius 1 is 1.50 bits per heavy atom. The van der Waals surface area contributed by atoms with Gasteiger partial charge in [0.15, 0.2) is 0 Å². The zero-order valence-corrected chi connectivity index (χ0v) is 8.72. The quantitative estimate of drug-likeness (QED) is 0.763. The summed E-state index contributed by atoms with van der Waals surface area (Å²) in [7, 11) is 0. The highest BCUT2D eigenvalue weighted by Gasteiger charge is 2.12. The summed E-state index contributed by atoms with van der Waals surface area (Å²) in [5, 5.41) is 6.94. The van der Waals surface area contributed by atoms with E-state index >= 15 is 0 Å². The fourth-order valence-corrected chi connectivity index (χ4v) is 1.93. The topological polar surface area (TPSA) is 24.1 Å². The van der Waals surface area contributed by atoms with Gasteiger partial charge in [-0.2, -0.15) is 0 Å². The summed E-state index contributed by atoms with van der Waals surface area (Å²) in [6.07, 6.45) is 2.62. The maximum Gasteiger partial charge on any atom is 0.0343 e. The molecule has 2 heteroatoms. The van der Waals surface area contributed by atoms with Crippen LogP contribution in [0.25, 0.3) is 0 Å². The normalized spacial score (nSPS) is 21.1. The molecule has 1 aliphatic rings. The molecule has 1 saturated heterocycles. The van der Waals surface area contributed by atoms with E-state index in [0.717, 1.165) is 6.54 Å².